The molecule has 2 heterocycles. The quantitative estimate of drug-likeness (QED) is 0.448. The molecule has 3 aromatic rings. The van der Waals surface area contributed by atoms with E-state index in [2.05, 4.69) is 20.2 Å². The lowest BCUT2D eigenvalue weighted by molar-refractivity contribution is -0.384. The minimum atomic E-state index is -0.434. The minimum Gasteiger partial charge on any atom is -0.371 e. The number of anilines is 3. The molecule has 1 saturated heterocycles. The number of nitro benzene ring substituents is 1. The Balaban J connectivity index is 1.48. The zero-order valence-electron chi connectivity index (χ0n) is 17.7. The molecule has 9 nitrogen and oxygen atoms in total. The van der Waals surface area contributed by atoms with Crippen molar-refractivity contribution in [3.05, 3.63) is 70.4 Å². The summed E-state index contributed by atoms with van der Waals surface area (Å²) in [7, 11) is 0. The summed E-state index contributed by atoms with van der Waals surface area (Å²) in [6, 6.07) is 16.1. The number of carbonyl (C=O) groups is 1. The molecule has 0 bridgehead atoms. The smallest absolute Gasteiger partial charge is 0.270 e. The van der Waals surface area contributed by atoms with Crippen molar-refractivity contribution in [1.29, 1.82) is 0 Å². The number of primary amides is 1. The molecule has 0 aliphatic carbocycles. The number of amides is 1. The van der Waals surface area contributed by atoms with Crippen LogP contribution in [0, 0.1) is 23.0 Å². The molecule has 1 aromatic heterocycles. The zero-order chi connectivity index (χ0) is 22.7. The van der Waals surface area contributed by atoms with Crippen LogP contribution in [0.4, 0.5) is 22.9 Å². The molecule has 0 radical (unpaired) electrons. The van der Waals surface area contributed by atoms with Gasteiger partial charge in [-0.05, 0) is 44.0 Å². The highest BCUT2D eigenvalue weighted by atomic mass is 16.6. The zero-order valence-corrected chi connectivity index (χ0v) is 17.7. The van der Waals surface area contributed by atoms with Crippen LogP contribution in [0.2, 0.25) is 0 Å². The number of non-ortho nitro benzene ring substituents is 1. The number of rotatable bonds is 6. The Labute approximate surface area is 185 Å². The van der Waals surface area contributed by atoms with Gasteiger partial charge >= 0.3 is 0 Å². The standard InChI is InChI=1S/C23H24N6O3/c1-15-13-21(27-23(25-15)17-3-2-4-20(14-17)29(31)32)26-18-5-7-19(8-6-18)28-11-9-16(10-12-28)22(24)30/h2-8,13-14,16H,9-12H2,1H3,(H2,24,30)(H,25,26,27). The summed E-state index contributed by atoms with van der Waals surface area (Å²) in [6.07, 6.45) is 1.55. The van der Waals surface area contributed by atoms with Gasteiger partial charge in [-0.1, -0.05) is 12.1 Å². The summed E-state index contributed by atoms with van der Waals surface area (Å²) in [5, 5.41) is 14.4. The maximum Gasteiger partial charge on any atom is 0.270 e. The number of nitrogens with zero attached hydrogens (tertiary/aromatic N) is 4. The predicted octanol–water partition coefficient (Wildman–Crippen LogP) is 3.81. The van der Waals surface area contributed by atoms with Gasteiger partial charge in [0.05, 0.1) is 4.92 Å². The normalized spacial score (nSPS) is 14.2. The predicted molar refractivity (Wildman–Crippen MR) is 123 cm³/mol. The Bertz CT molecular complexity index is 1140. The molecule has 3 N–H and O–H groups in total. The highest BCUT2D eigenvalue weighted by Gasteiger charge is 2.23. The molecule has 9 heteroatoms. The number of nitrogens with one attached hydrogen (secondary N) is 1. The van der Waals surface area contributed by atoms with Crippen LogP contribution in [-0.2, 0) is 4.79 Å². The van der Waals surface area contributed by atoms with Gasteiger partial charge in [0.15, 0.2) is 5.82 Å². The van der Waals surface area contributed by atoms with Gasteiger partial charge in [0.25, 0.3) is 5.69 Å². The lowest BCUT2D eigenvalue weighted by Crippen LogP contribution is -2.38. The number of piperidine rings is 1. The van der Waals surface area contributed by atoms with Gasteiger partial charge in [-0.25, -0.2) is 9.97 Å². The topological polar surface area (TPSA) is 127 Å². The fourth-order valence-electron chi connectivity index (χ4n) is 3.85. The molecule has 0 atom stereocenters. The molecular formula is C23H24N6O3. The summed E-state index contributed by atoms with van der Waals surface area (Å²) in [4.78, 5) is 33.2. The molecular weight excluding hydrogens is 408 g/mol. The molecule has 1 fully saturated rings. The van der Waals surface area contributed by atoms with Gasteiger partial charge in [0.2, 0.25) is 5.91 Å². The summed E-state index contributed by atoms with van der Waals surface area (Å²) in [5.41, 5.74) is 8.70. The number of nitrogens with two attached hydrogens (primary N) is 1. The van der Waals surface area contributed by atoms with Crippen molar-refractivity contribution in [2.75, 3.05) is 23.3 Å². The summed E-state index contributed by atoms with van der Waals surface area (Å²) in [5.74, 6) is 0.779. The SMILES string of the molecule is Cc1cc(Nc2ccc(N3CCC(C(N)=O)CC3)cc2)nc(-c2cccc([N+](=O)[O-])c2)n1. The average Bonchev–Trinajstić information content (AvgIpc) is 2.79. The van der Waals surface area contributed by atoms with Crippen LogP contribution < -0.4 is 16.0 Å². The summed E-state index contributed by atoms with van der Waals surface area (Å²) in [6.45, 7) is 3.46. The van der Waals surface area contributed by atoms with Crippen LogP contribution in [0.5, 0.6) is 0 Å². The van der Waals surface area contributed by atoms with E-state index in [4.69, 9.17) is 5.73 Å². The Morgan fingerprint density at radius 3 is 2.50 bits per heavy atom. The van der Waals surface area contributed by atoms with Gasteiger partial charge in [-0.2, -0.15) is 0 Å². The number of aryl methyl sites for hydroxylation is 1. The second kappa shape index (κ2) is 9.01. The van der Waals surface area contributed by atoms with Crippen LogP contribution >= 0.6 is 0 Å². The van der Waals surface area contributed by atoms with Gasteiger partial charge < -0.3 is 16.0 Å². The summed E-state index contributed by atoms with van der Waals surface area (Å²) < 4.78 is 0. The lowest BCUT2D eigenvalue weighted by atomic mass is 9.96. The van der Waals surface area contributed by atoms with Crippen LogP contribution in [0.3, 0.4) is 0 Å². The van der Waals surface area contributed by atoms with E-state index in [1.807, 2.05) is 37.3 Å². The van der Waals surface area contributed by atoms with E-state index < -0.39 is 4.92 Å². The van der Waals surface area contributed by atoms with Gasteiger partial charge in [0.1, 0.15) is 5.82 Å². The van der Waals surface area contributed by atoms with E-state index in [9.17, 15) is 14.9 Å². The number of hydrogen-bond donors (Lipinski definition) is 2. The van der Waals surface area contributed by atoms with Gasteiger partial charge in [-0.3, -0.25) is 14.9 Å². The number of nitro groups is 1. The fraction of sp³-hybridized carbons (Fsp3) is 0.261. The fourth-order valence-corrected chi connectivity index (χ4v) is 3.85. The van der Waals surface area contributed by atoms with E-state index in [0.29, 0.717) is 17.2 Å². The number of carbonyl (C=O) groups excluding carboxylic acids is 1. The lowest BCUT2D eigenvalue weighted by Gasteiger charge is -2.32. The van der Waals surface area contributed by atoms with E-state index in [1.54, 1.807) is 12.1 Å². The highest BCUT2D eigenvalue weighted by molar-refractivity contribution is 5.77. The molecule has 1 aliphatic heterocycles. The first-order valence-electron chi connectivity index (χ1n) is 10.4. The molecule has 1 amide bonds. The molecule has 0 saturated carbocycles. The Morgan fingerprint density at radius 2 is 1.84 bits per heavy atom. The molecule has 2 aromatic carbocycles. The van der Waals surface area contributed by atoms with Crippen LogP contribution in [0.15, 0.2) is 54.6 Å². The molecule has 0 spiro atoms. The summed E-state index contributed by atoms with van der Waals surface area (Å²) >= 11 is 0. The first-order chi connectivity index (χ1) is 15.4. The highest BCUT2D eigenvalue weighted by Crippen LogP contribution is 2.27. The molecule has 4 rings (SSSR count). The van der Waals surface area contributed by atoms with Crippen molar-refractivity contribution >= 4 is 28.8 Å². The van der Waals surface area contributed by atoms with Crippen LogP contribution in [-0.4, -0.2) is 33.9 Å². The third-order valence-corrected chi connectivity index (χ3v) is 5.57. The molecule has 0 unspecified atom stereocenters. The van der Waals surface area contributed by atoms with E-state index in [-0.39, 0.29) is 17.5 Å². The minimum absolute atomic E-state index is 0.00225. The molecule has 32 heavy (non-hydrogen) atoms. The molecule has 164 valence electrons. The maximum atomic E-state index is 11.4. The number of hydrogen-bond acceptors (Lipinski definition) is 7. The van der Waals surface area contributed by atoms with E-state index in [1.165, 1.54) is 12.1 Å². The Morgan fingerprint density at radius 1 is 1.12 bits per heavy atom. The third-order valence-electron chi connectivity index (χ3n) is 5.57. The van der Waals surface area contributed by atoms with Crippen LogP contribution in [0.25, 0.3) is 11.4 Å². The van der Waals surface area contributed by atoms with Gasteiger partial charge in [0, 0.05) is 59.8 Å². The molecule has 1 aliphatic rings. The number of benzene rings is 2. The van der Waals surface area contributed by atoms with Crippen molar-refractivity contribution in [3.63, 3.8) is 0 Å². The second-order valence-corrected chi connectivity index (χ2v) is 7.86. The first kappa shape index (κ1) is 21.2. The van der Waals surface area contributed by atoms with Crippen LogP contribution in [0.1, 0.15) is 18.5 Å². The van der Waals surface area contributed by atoms with Crippen molar-refractivity contribution in [1.82, 2.24) is 9.97 Å². The largest absolute Gasteiger partial charge is 0.371 e. The second-order valence-electron chi connectivity index (χ2n) is 7.86. The van der Waals surface area contributed by atoms with E-state index in [0.717, 1.165) is 43.0 Å². The maximum absolute atomic E-state index is 11.4. The average molecular weight is 432 g/mol. The van der Waals surface area contributed by atoms with Crippen molar-refractivity contribution in [2.45, 2.75) is 19.8 Å². The third kappa shape index (κ3) is 4.83. The van der Waals surface area contributed by atoms with Crippen molar-refractivity contribution in [2.24, 2.45) is 11.7 Å². The van der Waals surface area contributed by atoms with Crippen molar-refractivity contribution < 1.29 is 9.72 Å². The number of aromatic nitrogens is 2. The monoisotopic (exact) mass is 432 g/mol. The Kier molecular flexibility index (Phi) is 5.98. The van der Waals surface area contributed by atoms with E-state index >= 15 is 0 Å². The Hall–Kier alpha value is -4.01. The van der Waals surface area contributed by atoms with Gasteiger partial charge in [-0.15, -0.1) is 0 Å². The van der Waals surface area contributed by atoms with Crippen molar-refractivity contribution in [3.8, 4) is 11.4 Å². The first-order valence-corrected chi connectivity index (χ1v) is 10.4.